The van der Waals surface area contributed by atoms with Gasteiger partial charge in [-0.2, -0.15) is 0 Å². The zero-order valence-corrected chi connectivity index (χ0v) is 10.5. The molecule has 2 aromatic rings. The molecular weight excluding hydrogens is 278 g/mol. The van der Waals surface area contributed by atoms with Crippen molar-refractivity contribution in [1.29, 1.82) is 0 Å². The molecule has 0 atom stereocenters. The Hall–Kier alpha value is -1.58. The van der Waals surface area contributed by atoms with E-state index in [1.54, 1.807) is 12.1 Å². The molecule has 2 rings (SSSR count). The summed E-state index contributed by atoms with van der Waals surface area (Å²) in [6.07, 6.45) is 0. The molecule has 0 heterocycles. The number of rotatable bonds is 2. The summed E-state index contributed by atoms with van der Waals surface area (Å²) in [5.74, 6) is -1.81. The number of carboxylic acids is 1. The fourth-order valence-electron chi connectivity index (χ4n) is 1.59. The zero-order valence-electron chi connectivity index (χ0n) is 8.95. The van der Waals surface area contributed by atoms with Crippen molar-refractivity contribution in [1.82, 2.24) is 0 Å². The van der Waals surface area contributed by atoms with Crippen molar-refractivity contribution in [2.24, 2.45) is 0 Å². The Morgan fingerprint density at radius 1 is 1.06 bits per heavy atom. The molecule has 0 aliphatic rings. The van der Waals surface area contributed by atoms with Crippen LogP contribution in [0, 0.1) is 5.82 Å². The lowest BCUT2D eigenvalue weighted by Crippen LogP contribution is -1.97. The summed E-state index contributed by atoms with van der Waals surface area (Å²) in [7, 11) is 0. The van der Waals surface area contributed by atoms with E-state index in [2.05, 4.69) is 0 Å². The van der Waals surface area contributed by atoms with E-state index in [9.17, 15) is 9.18 Å². The average Bonchev–Trinajstić information content (AvgIpc) is 2.27. The highest BCUT2D eigenvalue weighted by Crippen LogP contribution is 2.29. The first-order valence-electron chi connectivity index (χ1n) is 4.96. The predicted molar refractivity (Wildman–Crippen MR) is 68.8 cm³/mol. The maximum Gasteiger partial charge on any atom is 0.335 e. The average molecular weight is 285 g/mol. The SMILES string of the molecule is O=C(O)c1ccc(-c2cc(Cl)cc(Cl)c2)c(F)c1. The number of hydrogen-bond acceptors (Lipinski definition) is 1. The van der Waals surface area contributed by atoms with Gasteiger partial charge in [0.2, 0.25) is 0 Å². The van der Waals surface area contributed by atoms with Crippen LogP contribution in [0.4, 0.5) is 4.39 Å². The highest BCUT2D eigenvalue weighted by atomic mass is 35.5. The van der Waals surface area contributed by atoms with Crippen molar-refractivity contribution in [3.8, 4) is 11.1 Å². The van der Waals surface area contributed by atoms with Crippen molar-refractivity contribution in [3.63, 3.8) is 0 Å². The summed E-state index contributed by atoms with van der Waals surface area (Å²) in [4.78, 5) is 10.7. The third-order valence-corrected chi connectivity index (χ3v) is 2.83. The van der Waals surface area contributed by atoms with Crippen LogP contribution in [0.15, 0.2) is 36.4 Å². The van der Waals surface area contributed by atoms with Crippen LogP contribution in [0.25, 0.3) is 11.1 Å². The molecule has 2 nitrogen and oxygen atoms in total. The van der Waals surface area contributed by atoms with Gasteiger partial charge in [0.05, 0.1) is 5.56 Å². The Morgan fingerprint density at radius 2 is 1.67 bits per heavy atom. The molecule has 92 valence electrons. The number of hydrogen-bond donors (Lipinski definition) is 1. The summed E-state index contributed by atoms with van der Waals surface area (Å²) < 4.78 is 13.8. The van der Waals surface area contributed by atoms with Gasteiger partial charge in [-0.3, -0.25) is 0 Å². The minimum absolute atomic E-state index is 0.107. The number of halogens is 3. The van der Waals surface area contributed by atoms with Crippen LogP contribution in [0.5, 0.6) is 0 Å². The summed E-state index contributed by atoms with van der Waals surface area (Å²) in [5, 5.41) is 9.53. The van der Waals surface area contributed by atoms with E-state index in [1.165, 1.54) is 18.2 Å². The van der Waals surface area contributed by atoms with E-state index in [0.29, 0.717) is 15.6 Å². The standard InChI is InChI=1S/C13H7Cl2FO2/c14-9-3-8(4-10(15)6-9)11-2-1-7(13(17)18)5-12(11)16/h1-6H,(H,17,18). The highest BCUT2D eigenvalue weighted by Gasteiger charge is 2.10. The largest absolute Gasteiger partial charge is 0.478 e. The second-order valence-corrected chi connectivity index (χ2v) is 4.53. The molecule has 1 N–H and O–H groups in total. The molecule has 0 saturated carbocycles. The van der Waals surface area contributed by atoms with Gasteiger partial charge in [-0.1, -0.05) is 29.3 Å². The Bertz CT molecular complexity index is 606. The second-order valence-electron chi connectivity index (χ2n) is 3.66. The zero-order chi connectivity index (χ0) is 13.3. The van der Waals surface area contributed by atoms with Crippen LogP contribution in [0.3, 0.4) is 0 Å². The third-order valence-electron chi connectivity index (χ3n) is 2.39. The smallest absolute Gasteiger partial charge is 0.335 e. The summed E-state index contributed by atoms with van der Waals surface area (Å²) in [6.45, 7) is 0. The quantitative estimate of drug-likeness (QED) is 0.882. The minimum atomic E-state index is -1.18. The van der Waals surface area contributed by atoms with Gasteiger partial charge >= 0.3 is 5.97 Å². The van der Waals surface area contributed by atoms with Crippen LogP contribution in [0.1, 0.15) is 10.4 Å². The normalized spacial score (nSPS) is 10.4. The lowest BCUT2D eigenvalue weighted by Gasteiger charge is -2.06. The minimum Gasteiger partial charge on any atom is -0.478 e. The first-order chi connectivity index (χ1) is 8.47. The first kappa shape index (κ1) is 12.9. The van der Waals surface area contributed by atoms with E-state index < -0.39 is 11.8 Å². The Morgan fingerprint density at radius 3 is 2.17 bits per heavy atom. The summed E-state index contributed by atoms with van der Waals surface area (Å²) in [5.41, 5.74) is 0.649. The van der Waals surface area contributed by atoms with Gasteiger partial charge in [-0.25, -0.2) is 9.18 Å². The van der Waals surface area contributed by atoms with E-state index in [1.807, 2.05) is 0 Å². The van der Waals surface area contributed by atoms with Gasteiger partial charge in [-0.15, -0.1) is 0 Å². The molecule has 0 fully saturated rings. The third kappa shape index (κ3) is 2.63. The first-order valence-corrected chi connectivity index (χ1v) is 5.72. The van der Waals surface area contributed by atoms with Gasteiger partial charge < -0.3 is 5.11 Å². The van der Waals surface area contributed by atoms with Gasteiger partial charge in [0.15, 0.2) is 0 Å². The molecule has 0 bridgehead atoms. The molecule has 0 aromatic heterocycles. The lowest BCUT2D eigenvalue weighted by molar-refractivity contribution is 0.0696. The van der Waals surface area contributed by atoms with E-state index in [-0.39, 0.29) is 11.1 Å². The van der Waals surface area contributed by atoms with Crippen molar-refractivity contribution in [2.45, 2.75) is 0 Å². The van der Waals surface area contributed by atoms with Crippen LogP contribution in [-0.4, -0.2) is 11.1 Å². The molecule has 0 spiro atoms. The fourth-order valence-corrected chi connectivity index (χ4v) is 2.12. The lowest BCUT2D eigenvalue weighted by atomic mass is 10.0. The molecule has 0 aliphatic carbocycles. The van der Waals surface area contributed by atoms with Crippen molar-refractivity contribution < 1.29 is 14.3 Å². The number of benzene rings is 2. The second kappa shape index (κ2) is 4.96. The summed E-state index contributed by atoms with van der Waals surface area (Å²) in [6, 6.07) is 8.34. The predicted octanol–water partition coefficient (Wildman–Crippen LogP) is 4.50. The maximum absolute atomic E-state index is 13.8. The molecule has 2 aromatic carbocycles. The van der Waals surface area contributed by atoms with E-state index in [4.69, 9.17) is 28.3 Å². The van der Waals surface area contributed by atoms with Crippen LogP contribution >= 0.6 is 23.2 Å². The van der Waals surface area contributed by atoms with Crippen molar-refractivity contribution >= 4 is 29.2 Å². The van der Waals surface area contributed by atoms with Crippen LogP contribution in [-0.2, 0) is 0 Å². The van der Waals surface area contributed by atoms with Crippen LogP contribution in [0.2, 0.25) is 10.0 Å². The number of aromatic carboxylic acids is 1. The molecule has 18 heavy (non-hydrogen) atoms. The van der Waals surface area contributed by atoms with Crippen molar-refractivity contribution in [2.75, 3.05) is 0 Å². The van der Waals surface area contributed by atoms with E-state index in [0.717, 1.165) is 6.07 Å². The van der Waals surface area contributed by atoms with Gasteiger partial charge in [0, 0.05) is 15.6 Å². The monoisotopic (exact) mass is 284 g/mol. The van der Waals surface area contributed by atoms with Gasteiger partial charge in [-0.05, 0) is 35.9 Å². The Labute approximate surface area is 113 Å². The molecule has 0 amide bonds. The Kier molecular flexibility index (Phi) is 3.55. The maximum atomic E-state index is 13.8. The summed E-state index contributed by atoms with van der Waals surface area (Å²) >= 11 is 11.7. The molecule has 0 radical (unpaired) electrons. The topological polar surface area (TPSA) is 37.3 Å². The molecule has 5 heteroatoms. The fraction of sp³-hybridized carbons (Fsp3) is 0. The van der Waals surface area contributed by atoms with Crippen molar-refractivity contribution in [3.05, 3.63) is 57.8 Å². The molecule has 0 aliphatic heterocycles. The molecule has 0 saturated heterocycles. The number of carboxylic acid groups (broad SMARTS) is 1. The van der Waals surface area contributed by atoms with Gasteiger partial charge in [0.25, 0.3) is 0 Å². The van der Waals surface area contributed by atoms with Crippen LogP contribution < -0.4 is 0 Å². The van der Waals surface area contributed by atoms with E-state index >= 15 is 0 Å². The highest BCUT2D eigenvalue weighted by molar-refractivity contribution is 6.35. The Balaban J connectivity index is 2.54. The molecule has 0 unspecified atom stereocenters. The number of carbonyl (C=O) groups is 1. The molecular formula is C13H7Cl2FO2. The van der Waals surface area contributed by atoms with Gasteiger partial charge in [0.1, 0.15) is 5.82 Å².